The SMILES string of the molecule is COC(=O)CCN1CCN(c2ccnc(N(C)C)n2)CC1. The Hall–Kier alpha value is -1.89. The van der Waals surface area contributed by atoms with Crippen molar-refractivity contribution >= 4 is 17.7 Å². The number of piperazine rings is 1. The number of anilines is 2. The Morgan fingerprint density at radius 2 is 2.05 bits per heavy atom. The zero-order valence-corrected chi connectivity index (χ0v) is 12.9. The lowest BCUT2D eigenvalue weighted by Gasteiger charge is -2.35. The highest BCUT2D eigenvalue weighted by molar-refractivity contribution is 5.69. The monoisotopic (exact) mass is 293 g/mol. The molecule has 1 saturated heterocycles. The fraction of sp³-hybridized carbons (Fsp3) is 0.643. The van der Waals surface area contributed by atoms with E-state index in [1.807, 2.05) is 25.1 Å². The summed E-state index contributed by atoms with van der Waals surface area (Å²) in [5, 5.41) is 0. The van der Waals surface area contributed by atoms with E-state index in [9.17, 15) is 4.79 Å². The van der Waals surface area contributed by atoms with Gasteiger partial charge in [-0.2, -0.15) is 4.98 Å². The Morgan fingerprint density at radius 3 is 2.67 bits per heavy atom. The molecule has 0 unspecified atom stereocenters. The van der Waals surface area contributed by atoms with Gasteiger partial charge in [-0.1, -0.05) is 0 Å². The Bertz CT molecular complexity index is 472. The lowest BCUT2D eigenvalue weighted by Crippen LogP contribution is -2.47. The number of ether oxygens (including phenoxy) is 1. The summed E-state index contributed by atoms with van der Waals surface area (Å²) in [5.74, 6) is 1.53. The van der Waals surface area contributed by atoms with E-state index in [1.165, 1.54) is 7.11 Å². The molecule has 0 N–H and O–H groups in total. The van der Waals surface area contributed by atoms with Crippen molar-refractivity contribution < 1.29 is 9.53 Å². The number of methoxy groups -OCH3 is 1. The number of hydrogen-bond acceptors (Lipinski definition) is 7. The fourth-order valence-electron chi connectivity index (χ4n) is 2.28. The number of hydrogen-bond donors (Lipinski definition) is 0. The highest BCUT2D eigenvalue weighted by Crippen LogP contribution is 2.15. The van der Waals surface area contributed by atoms with Gasteiger partial charge in [-0.25, -0.2) is 4.98 Å². The topological polar surface area (TPSA) is 61.8 Å². The van der Waals surface area contributed by atoms with E-state index in [-0.39, 0.29) is 5.97 Å². The van der Waals surface area contributed by atoms with E-state index >= 15 is 0 Å². The lowest BCUT2D eigenvalue weighted by atomic mass is 10.3. The molecular formula is C14H23N5O2. The fourth-order valence-corrected chi connectivity index (χ4v) is 2.28. The van der Waals surface area contributed by atoms with Gasteiger partial charge in [0.1, 0.15) is 5.82 Å². The minimum atomic E-state index is -0.149. The summed E-state index contributed by atoms with van der Waals surface area (Å²) in [4.78, 5) is 26.4. The van der Waals surface area contributed by atoms with Gasteiger partial charge in [0.15, 0.2) is 0 Å². The number of carbonyl (C=O) groups is 1. The molecule has 0 spiro atoms. The molecule has 1 fully saturated rings. The van der Waals surface area contributed by atoms with Crippen LogP contribution in [0.25, 0.3) is 0 Å². The third kappa shape index (κ3) is 4.29. The predicted molar refractivity (Wildman–Crippen MR) is 81.6 cm³/mol. The molecule has 116 valence electrons. The van der Waals surface area contributed by atoms with Crippen molar-refractivity contribution in [2.45, 2.75) is 6.42 Å². The second-order valence-corrected chi connectivity index (χ2v) is 5.26. The maximum atomic E-state index is 11.2. The molecule has 0 saturated carbocycles. The first-order valence-corrected chi connectivity index (χ1v) is 7.14. The van der Waals surface area contributed by atoms with Gasteiger partial charge in [0, 0.05) is 53.0 Å². The van der Waals surface area contributed by atoms with Crippen molar-refractivity contribution in [2.75, 3.05) is 63.7 Å². The van der Waals surface area contributed by atoms with Crippen LogP contribution in [0, 0.1) is 0 Å². The van der Waals surface area contributed by atoms with Crippen LogP contribution in [-0.4, -0.2) is 74.8 Å². The van der Waals surface area contributed by atoms with E-state index in [0.717, 1.165) is 44.5 Å². The molecule has 7 heteroatoms. The van der Waals surface area contributed by atoms with E-state index in [1.54, 1.807) is 6.20 Å². The van der Waals surface area contributed by atoms with Gasteiger partial charge in [-0.05, 0) is 6.07 Å². The number of rotatable bonds is 5. The molecule has 0 bridgehead atoms. The predicted octanol–water partition coefficient (Wildman–Crippen LogP) is 0.228. The normalized spacial score (nSPS) is 15.9. The maximum Gasteiger partial charge on any atom is 0.306 e. The van der Waals surface area contributed by atoms with Crippen LogP contribution in [0.2, 0.25) is 0 Å². The Labute approximate surface area is 125 Å². The van der Waals surface area contributed by atoms with Crippen LogP contribution in [0.1, 0.15) is 6.42 Å². The molecule has 0 amide bonds. The standard InChI is InChI=1S/C14H23N5O2/c1-17(2)14-15-6-4-12(16-14)19-10-8-18(9-11-19)7-5-13(20)21-3/h4,6H,5,7-11H2,1-3H3. The molecule has 0 aromatic carbocycles. The summed E-state index contributed by atoms with van der Waals surface area (Å²) in [6, 6.07) is 1.94. The maximum absolute atomic E-state index is 11.2. The molecule has 0 radical (unpaired) electrons. The minimum absolute atomic E-state index is 0.149. The van der Waals surface area contributed by atoms with E-state index in [2.05, 4.69) is 24.5 Å². The second kappa shape index (κ2) is 7.21. The van der Waals surface area contributed by atoms with E-state index in [4.69, 9.17) is 0 Å². The molecule has 2 rings (SSSR count). The van der Waals surface area contributed by atoms with Gasteiger partial charge in [0.25, 0.3) is 0 Å². The first-order chi connectivity index (χ1) is 10.1. The molecule has 1 aromatic rings. The lowest BCUT2D eigenvalue weighted by molar-refractivity contribution is -0.141. The van der Waals surface area contributed by atoms with Crippen LogP contribution < -0.4 is 9.80 Å². The number of carbonyl (C=O) groups excluding carboxylic acids is 1. The van der Waals surface area contributed by atoms with Crippen molar-refractivity contribution in [3.63, 3.8) is 0 Å². The first-order valence-electron chi connectivity index (χ1n) is 7.14. The third-order valence-electron chi connectivity index (χ3n) is 3.58. The highest BCUT2D eigenvalue weighted by Gasteiger charge is 2.19. The summed E-state index contributed by atoms with van der Waals surface area (Å²) in [6.45, 7) is 4.43. The summed E-state index contributed by atoms with van der Waals surface area (Å²) in [5.41, 5.74) is 0. The molecule has 21 heavy (non-hydrogen) atoms. The van der Waals surface area contributed by atoms with Gasteiger partial charge in [0.05, 0.1) is 13.5 Å². The Kier molecular flexibility index (Phi) is 5.32. The summed E-state index contributed by atoms with van der Waals surface area (Å²) in [6.07, 6.45) is 2.25. The largest absolute Gasteiger partial charge is 0.469 e. The van der Waals surface area contributed by atoms with Crippen molar-refractivity contribution in [2.24, 2.45) is 0 Å². The summed E-state index contributed by atoms with van der Waals surface area (Å²) >= 11 is 0. The quantitative estimate of drug-likeness (QED) is 0.720. The van der Waals surface area contributed by atoms with Crippen LogP contribution in [0.3, 0.4) is 0 Å². The number of nitrogens with zero attached hydrogens (tertiary/aromatic N) is 5. The van der Waals surface area contributed by atoms with Crippen molar-refractivity contribution in [3.8, 4) is 0 Å². The summed E-state index contributed by atoms with van der Waals surface area (Å²) < 4.78 is 4.67. The van der Waals surface area contributed by atoms with Gasteiger partial charge in [-0.3, -0.25) is 9.69 Å². The van der Waals surface area contributed by atoms with Crippen molar-refractivity contribution in [1.82, 2.24) is 14.9 Å². The molecule has 1 aliphatic heterocycles. The van der Waals surface area contributed by atoms with Crippen LogP contribution in [0.15, 0.2) is 12.3 Å². The first kappa shape index (κ1) is 15.5. The van der Waals surface area contributed by atoms with Crippen molar-refractivity contribution in [3.05, 3.63) is 12.3 Å². The van der Waals surface area contributed by atoms with Crippen LogP contribution in [-0.2, 0) is 9.53 Å². The minimum Gasteiger partial charge on any atom is -0.469 e. The van der Waals surface area contributed by atoms with Gasteiger partial charge < -0.3 is 14.5 Å². The molecule has 1 aliphatic rings. The van der Waals surface area contributed by atoms with Gasteiger partial charge in [-0.15, -0.1) is 0 Å². The van der Waals surface area contributed by atoms with Gasteiger partial charge in [0.2, 0.25) is 5.95 Å². The van der Waals surface area contributed by atoms with Crippen LogP contribution in [0.4, 0.5) is 11.8 Å². The molecule has 0 aliphatic carbocycles. The average Bonchev–Trinajstić information content (AvgIpc) is 2.53. The second-order valence-electron chi connectivity index (χ2n) is 5.26. The number of aromatic nitrogens is 2. The highest BCUT2D eigenvalue weighted by atomic mass is 16.5. The number of esters is 1. The molecule has 7 nitrogen and oxygen atoms in total. The van der Waals surface area contributed by atoms with Gasteiger partial charge >= 0.3 is 5.97 Å². The Morgan fingerprint density at radius 1 is 1.33 bits per heavy atom. The molecule has 1 aromatic heterocycles. The van der Waals surface area contributed by atoms with E-state index in [0.29, 0.717) is 6.42 Å². The van der Waals surface area contributed by atoms with Crippen molar-refractivity contribution in [1.29, 1.82) is 0 Å². The molecule has 2 heterocycles. The Balaban J connectivity index is 1.86. The molecule has 0 atom stereocenters. The summed E-state index contributed by atoms with van der Waals surface area (Å²) in [7, 11) is 5.30. The zero-order chi connectivity index (χ0) is 15.2. The smallest absolute Gasteiger partial charge is 0.306 e. The third-order valence-corrected chi connectivity index (χ3v) is 3.58. The molecular weight excluding hydrogens is 270 g/mol. The zero-order valence-electron chi connectivity index (χ0n) is 12.9. The average molecular weight is 293 g/mol. The van der Waals surface area contributed by atoms with Crippen LogP contribution in [0.5, 0.6) is 0 Å². The van der Waals surface area contributed by atoms with Crippen LogP contribution >= 0.6 is 0 Å². The van der Waals surface area contributed by atoms with E-state index < -0.39 is 0 Å².